The molecule has 0 bridgehead atoms. The maximum atomic E-state index is 13.9. The van der Waals surface area contributed by atoms with Crippen LogP contribution in [0.1, 0.15) is 36.2 Å². The molecule has 8 nitrogen and oxygen atoms in total. The topological polar surface area (TPSA) is 79.7 Å². The first-order valence-corrected chi connectivity index (χ1v) is 13.0. The van der Waals surface area contributed by atoms with Gasteiger partial charge in [-0.2, -0.15) is 4.41 Å². The van der Waals surface area contributed by atoms with Gasteiger partial charge in [-0.1, -0.05) is 12.2 Å². The Kier molecular flexibility index (Phi) is 5.36. The van der Waals surface area contributed by atoms with E-state index in [9.17, 15) is 9.00 Å². The van der Waals surface area contributed by atoms with Crippen molar-refractivity contribution >= 4 is 45.1 Å². The van der Waals surface area contributed by atoms with Gasteiger partial charge in [0.15, 0.2) is 11.0 Å². The number of aryl methyl sites for hydroxylation is 1. The monoisotopic (exact) mass is 489 g/mol. The summed E-state index contributed by atoms with van der Waals surface area (Å²) < 4.78 is 22.5. The summed E-state index contributed by atoms with van der Waals surface area (Å²) in [7, 11) is 1.70. The van der Waals surface area contributed by atoms with E-state index in [1.165, 1.54) is 20.0 Å². The number of hydrogen-bond donors (Lipinski definition) is 1. The fourth-order valence-corrected chi connectivity index (χ4v) is 6.42. The molecule has 6 rings (SSSR count). The molecule has 1 fully saturated rings. The van der Waals surface area contributed by atoms with Gasteiger partial charge in [-0.25, -0.2) is 14.0 Å². The van der Waals surface area contributed by atoms with E-state index >= 15 is 0 Å². The Morgan fingerprint density at radius 2 is 2.00 bits per heavy atom. The summed E-state index contributed by atoms with van der Waals surface area (Å²) >= 11 is 0. The van der Waals surface area contributed by atoms with Crippen LogP contribution in [0.2, 0.25) is 0 Å². The molecule has 9 heteroatoms. The zero-order chi connectivity index (χ0) is 24.1. The lowest BCUT2D eigenvalue weighted by atomic mass is 9.99. The van der Waals surface area contributed by atoms with Gasteiger partial charge in [-0.05, 0) is 56.0 Å². The summed E-state index contributed by atoms with van der Waals surface area (Å²) in [4.78, 5) is 20.8. The fraction of sp³-hybridized carbons (Fsp3) is 0.308. The SMILES string of the molecule is COC(=O)c1c2c3c(ccnc3n1C)N(S(=O)C1=CCCC=C1)Nc1ccc(N3CCCC3)cc1-2. The van der Waals surface area contributed by atoms with Crippen molar-refractivity contribution in [2.45, 2.75) is 25.7 Å². The number of hydrazine groups is 1. The molecular weight excluding hydrogens is 462 g/mol. The number of anilines is 3. The van der Waals surface area contributed by atoms with Gasteiger partial charge in [0.05, 0.1) is 28.8 Å². The van der Waals surface area contributed by atoms with Gasteiger partial charge in [-0.3, -0.25) is 5.43 Å². The van der Waals surface area contributed by atoms with Crippen LogP contribution in [0.4, 0.5) is 17.1 Å². The van der Waals surface area contributed by atoms with E-state index in [1.54, 1.807) is 15.2 Å². The quantitative estimate of drug-likeness (QED) is 0.537. The molecule has 0 saturated carbocycles. The molecule has 35 heavy (non-hydrogen) atoms. The molecule has 1 aliphatic carbocycles. The molecule has 1 aromatic carbocycles. The van der Waals surface area contributed by atoms with Crippen molar-refractivity contribution in [1.82, 2.24) is 9.55 Å². The van der Waals surface area contributed by atoms with Crippen LogP contribution in [0.25, 0.3) is 22.2 Å². The second kappa shape index (κ2) is 8.57. The fourth-order valence-electron chi connectivity index (χ4n) is 5.23. The van der Waals surface area contributed by atoms with Crippen LogP contribution in [0.3, 0.4) is 0 Å². The van der Waals surface area contributed by atoms with Crippen molar-refractivity contribution in [2.75, 3.05) is 34.9 Å². The zero-order valence-corrected chi connectivity index (χ0v) is 20.6. The van der Waals surface area contributed by atoms with Crippen molar-refractivity contribution < 1.29 is 13.7 Å². The van der Waals surface area contributed by atoms with Gasteiger partial charge >= 0.3 is 5.97 Å². The number of ether oxygens (including phenoxy) is 1. The largest absolute Gasteiger partial charge is 0.464 e. The number of rotatable bonds is 4. The highest BCUT2D eigenvalue weighted by Crippen LogP contribution is 2.47. The molecule has 0 spiro atoms. The standard InChI is InChI=1S/C26H27N5O3S/c1-29-24(26(32)34-2)22-19-16-17(30-14-6-7-15-30)10-11-20(19)28-31(21-12-13-27-25(29)23(21)22)35(33)18-8-4-3-5-9-18/h4,8-13,16,28H,3,5-7,14-15H2,1-2H3. The van der Waals surface area contributed by atoms with E-state index in [2.05, 4.69) is 27.4 Å². The molecule has 0 radical (unpaired) electrons. The maximum Gasteiger partial charge on any atom is 0.355 e. The van der Waals surface area contributed by atoms with E-state index < -0.39 is 17.0 Å². The zero-order valence-electron chi connectivity index (χ0n) is 19.8. The summed E-state index contributed by atoms with van der Waals surface area (Å²) in [5.74, 6) is -0.434. The second-order valence-electron chi connectivity index (χ2n) is 8.97. The van der Waals surface area contributed by atoms with Crippen LogP contribution in [-0.4, -0.2) is 39.9 Å². The number of carbonyl (C=O) groups is 1. The predicted octanol–water partition coefficient (Wildman–Crippen LogP) is 4.67. The summed E-state index contributed by atoms with van der Waals surface area (Å²) in [6, 6.07) is 8.07. The van der Waals surface area contributed by atoms with Gasteiger partial charge < -0.3 is 14.2 Å². The van der Waals surface area contributed by atoms with Crippen molar-refractivity contribution in [2.24, 2.45) is 7.05 Å². The molecule has 0 amide bonds. The number of pyridine rings is 1. The Bertz CT molecular complexity index is 1430. The summed E-state index contributed by atoms with van der Waals surface area (Å²) in [6.07, 6.45) is 11.8. The van der Waals surface area contributed by atoms with Gasteiger partial charge in [0, 0.05) is 43.1 Å². The molecule has 1 unspecified atom stereocenters. The highest BCUT2D eigenvalue weighted by Gasteiger charge is 2.33. The summed E-state index contributed by atoms with van der Waals surface area (Å²) in [6.45, 7) is 2.02. The Morgan fingerprint density at radius 1 is 1.17 bits per heavy atom. The van der Waals surface area contributed by atoms with Crippen LogP contribution in [-0.2, 0) is 22.8 Å². The lowest BCUT2D eigenvalue weighted by Crippen LogP contribution is -2.32. The first kappa shape index (κ1) is 21.9. The third kappa shape index (κ3) is 3.44. The summed E-state index contributed by atoms with van der Waals surface area (Å²) in [5, 5.41) is 0.772. The average molecular weight is 490 g/mol. The number of esters is 1. The van der Waals surface area contributed by atoms with E-state index in [-0.39, 0.29) is 0 Å². The molecule has 3 aliphatic rings. The Balaban J connectivity index is 1.64. The van der Waals surface area contributed by atoms with Gasteiger partial charge in [0.2, 0.25) is 0 Å². The van der Waals surface area contributed by atoms with Gasteiger partial charge in [0.25, 0.3) is 0 Å². The number of benzene rings is 1. The minimum Gasteiger partial charge on any atom is -0.464 e. The van der Waals surface area contributed by atoms with Crippen molar-refractivity contribution in [3.63, 3.8) is 0 Å². The average Bonchev–Trinajstić information content (AvgIpc) is 3.51. The highest BCUT2D eigenvalue weighted by molar-refractivity contribution is 7.90. The van der Waals surface area contributed by atoms with Crippen LogP contribution in [0.15, 0.2) is 53.6 Å². The van der Waals surface area contributed by atoms with E-state index in [4.69, 9.17) is 4.74 Å². The highest BCUT2D eigenvalue weighted by atomic mass is 32.2. The molecule has 3 aromatic rings. The number of hydrogen-bond acceptors (Lipinski definition) is 6. The molecule has 1 saturated heterocycles. The predicted molar refractivity (Wildman–Crippen MR) is 140 cm³/mol. The van der Waals surface area contributed by atoms with E-state index in [1.807, 2.05) is 37.4 Å². The molecule has 180 valence electrons. The number of fused-ring (bicyclic) bond motifs is 2. The third-order valence-electron chi connectivity index (χ3n) is 6.94. The molecule has 2 aromatic heterocycles. The number of aromatic nitrogens is 2. The summed E-state index contributed by atoms with van der Waals surface area (Å²) in [5.41, 5.74) is 8.67. The molecule has 4 heterocycles. The second-order valence-corrected chi connectivity index (χ2v) is 10.3. The van der Waals surface area contributed by atoms with E-state index in [0.717, 1.165) is 58.7 Å². The van der Waals surface area contributed by atoms with Gasteiger partial charge in [0.1, 0.15) is 11.3 Å². The molecular formula is C26H27N5O3S. The smallest absolute Gasteiger partial charge is 0.355 e. The number of allylic oxidation sites excluding steroid dienone is 3. The Morgan fingerprint density at radius 3 is 2.74 bits per heavy atom. The normalized spacial score (nSPS) is 17.6. The minimum absolute atomic E-state index is 0.425. The lowest BCUT2D eigenvalue weighted by Gasteiger charge is -2.26. The van der Waals surface area contributed by atoms with Crippen molar-refractivity contribution in [3.8, 4) is 11.1 Å². The Labute approximate surface area is 206 Å². The van der Waals surface area contributed by atoms with Crippen LogP contribution in [0, 0.1) is 0 Å². The third-order valence-corrected chi connectivity index (χ3v) is 8.27. The van der Waals surface area contributed by atoms with Crippen molar-refractivity contribution in [1.29, 1.82) is 0 Å². The Hall–Kier alpha value is -3.59. The van der Waals surface area contributed by atoms with Crippen molar-refractivity contribution in [3.05, 3.63) is 59.3 Å². The lowest BCUT2D eigenvalue weighted by molar-refractivity contribution is 0.0591. The number of carbonyl (C=O) groups excluding carboxylic acids is 1. The molecule has 2 aliphatic heterocycles. The first-order chi connectivity index (χ1) is 17.1. The van der Waals surface area contributed by atoms with Crippen LogP contribution in [0.5, 0.6) is 0 Å². The maximum absolute atomic E-state index is 13.9. The number of nitrogens with one attached hydrogen (secondary N) is 1. The van der Waals surface area contributed by atoms with Crippen LogP contribution >= 0.6 is 0 Å². The van der Waals surface area contributed by atoms with Crippen LogP contribution < -0.4 is 14.7 Å². The molecule has 1 N–H and O–H groups in total. The van der Waals surface area contributed by atoms with Gasteiger partial charge in [-0.15, -0.1) is 0 Å². The first-order valence-electron chi connectivity index (χ1n) is 11.9. The number of nitrogens with zero attached hydrogens (tertiary/aromatic N) is 4. The molecule has 1 atom stereocenters. The van der Waals surface area contributed by atoms with E-state index in [0.29, 0.717) is 17.0 Å². The minimum atomic E-state index is -1.51. The number of methoxy groups -OCH3 is 1.